The Morgan fingerprint density at radius 1 is 0.903 bits per heavy atom. The van der Waals surface area contributed by atoms with Crippen molar-refractivity contribution >= 4 is 17.3 Å². The summed E-state index contributed by atoms with van der Waals surface area (Å²) in [5.41, 5.74) is 1.56. The number of hydrogen-bond acceptors (Lipinski definition) is 4. The zero-order valence-corrected chi connectivity index (χ0v) is 21.6. The highest BCUT2D eigenvalue weighted by molar-refractivity contribution is 7.80. The van der Waals surface area contributed by atoms with E-state index < -0.39 is 0 Å². The molecule has 2 fully saturated rings. The second kappa shape index (κ2) is 8.60. The lowest BCUT2D eigenvalue weighted by atomic mass is 9.78. The topological polar surface area (TPSA) is 52.2 Å². The number of piperidine rings is 2. The fourth-order valence-corrected chi connectivity index (χ4v) is 6.60. The van der Waals surface area contributed by atoms with Crippen LogP contribution < -0.4 is 16.0 Å². The van der Waals surface area contributed by atoms with Gasteiger partial charge in [0, 0.05) is 53.2 Å². The van der Waals surface area contributed by atoms with Gasteiger partial charge in [0.25, 0.3) is 0 Å². The molecule has 0 spiro atoms. The van der Waals surface area contributed by atoms with Gasteiger partial charge in [-0.05, 0) is 111 Å². The van der Waals surface area contributed by atoms with Crippen LogP contribution in [0.25, 0.3) is 0 Å². The minimum Gasteiger partial charge on any atom is -0.360 e. The van der Waals surface area contributed by atoms with E-state index in [2.05, 4.69) is 93.4 Å². The number of hydrogen-bond donors (Lipinski definition) is 3. The first-order chi connectivity index (χ1) is 14.2. The van der Waals surface area contributed by atoms with Crippen molar-refractivity contribution < 1.29 is 0 Å². The molecule has 0 aliphatic carbocycles. The van der Waals surface area contributed by atoms with E-state index >= 15 is 0 Å². The Morgan fingerprint density at radius 3 is 1.84 bits per heavy atom. The molecule has 3 N–H and O–H groups in total. The summed E-state index contributed by atoms with van der Waals surface area (Å²) in [6.07, 6.45) is 7.99. The van der Waals surface area contributed by atoms with Crippen LogP contribution in [0, 0.1) is 0 Å². The lowest BCUT2D eigenvalue weighted by Gasteiger charge is -2.51. The molecule has 2 saturated heterocycles. The summed E-state index contributed by atoms with van der Waals surface area (Å²) in [5.74, 6) is 0. The number of nitrogens with one attached hydrogen (secondary N) is 3. The number of nitrogens with zero attached hydrogens (tertiary/aromatic N) is 2. The van der Waals surface area contributed by atoms with E-state index in [1.165, 1.54) is 5.56 Å². The Labute approximate surface area is 195 Å². The molecule has 0 saturated carbocycles. The van der Waals surface area contributed by atoms with Gasteiger partial charge in [-0.2, -0.15) is 0 Å². The zero-order chi connectivity index (χ0) is 23.1. The summed E-state index contributed by atoms with van der Waals surface area (Å²) in [4.78, 5) is 6.64. The molecule has 3 rings (SSSR count). The van der Waals surface area contributed by atoms with E-state index in [0.29, 0.717) is 12.1 Å². The summed E-state index contributed by atoms with van der Waals surface area (Å²) in [6.45, 7) is 19.2. The first kappa shape index (κ1) is 24.4. The number of rotatable bonds is 4. The molecular weight excluding hydrogens is 402 g/mol. The van der Waals surface area contributed by atoms with Crippen LogP contribution in [0.4, 0.5) is 0 Å². The Kier molecular flexibility index (Phi) is 6.77. The van der Waals surface area contributed by atoms with Crippen LogP contribution >= 0.6 is 12.2 Å². The summed E-state index contributed by atoms with van der Waals surface area (Å²) < 4.78 is 0. The van der Waals surface area contributed by atoms with Crippen LogP contribution in [0.5, 0.6) is 0 Å². The third kappa shape index (κ3) is 6.87. The number of thiocarbonyl (C=S) groups is 1. The quantitative estimate of drug-likeness (QED) is 0.598. The summed E-state index contributed by atoms with van der Waals surface area (Å²) in [5, 5.41) is 12.3. The van der Waals surface area contributed by atoms with Gasteiger partial charge in [0.15, 0.2) is 5.11 Å². The van der Waals surface area contributed by atoms with Crippen LogP contribution in [-0.4, -0.2) is 49.2 Å². The SMILES string of the molecule is CC1(C)CC(NC(=S)N(Cc2ccncc2)C2CC(C)(C)NC(C)(C)C2)CC(C)(C)N1. The van der Waals surface area contributed by atoms with E-state index in [0.717, 1.165) is 37.3 Å². The Morgan fingerprint density at radius 2 is 1.35 bits per heavy atom. The minimum absolute atomic E-state index is 0.0667. The molecule has 0 aromatic carbocycles. The standard InChI is InChI=1S/C25H43N5S/c1-22(2)13-19(14-23(3,4)28-22)27-21(31)30(17-18-9-11-26-12-10-18)20-15-24(5,6)29-25(7,8)16-20/h9-12,19-20,28-29H,13-17H2,1-8H3,(H,27,31). The van der Waals surface area contributed by atoms with Crippen molar-refractivity contribution in [1.29, 1.82) is 0 Å². The molecule has 0 amide bonds. The predicted octanol–water partition coefficient (Wildman–Crippen LogP) is 4.38. The van der Waals surface area contributed by atoms with Gasteiger partial charge < -0.3 is 20.9 Å². The average molecular weight is 446 g/mol. The van der Waals surface area contributed by atoms with Crippen LogP contribution in [0.15, 0.2) is 24.5 Å². The second-order valence-electron chi connectivity index (χ2n) is 12.4. The molecule has 1 aromatic heterocycles. The van der Waals surface area contributed by atoms with Crippen LogP contribution in [0.2, 0.25) is 0 Å². The molecule has 6 heteroatoms. The van der Waals surface area contributed by atoms with Crippen molar-refractivity contribution in [3.8, 4) is 0 Å². The molecule has 3 heterocycles. The highest BCUT2D eigenvalue weighted by Crippen LogP contribution is 2.33. The maximum absolute atomic E-state index is 6.09. The number of aromatic nitrogens is 1. The molecule has 174 valence electrons. The molecule has 5 nitrogen and oxygen atoms in total. The zero-order valence-electron chi connectivity index (χ0n) is 20.8. The molecule has 31 heavy (non-hydrogen) atoms. The van der Waals surface area contributed by atoms with Gasteiger partial charge in [-0.3, -0.25) is 4.98 Å². The van der Waals surface area contributed by atoms with E-state index in [-0.39, 0.29) is 22.2 Å². The van der Waals surface area contributed by atoms with Crippen molar-refractivity contribution in [1.82, 2.24) is 25.8 Å². The van der Waals surface area contributed by atoms with E-state index in [4.69, 9.17) is 12.2 Å². The maximum Gasteiger partial charge on any atom is 0.169 e. The molecular formula is C25H43N5S. The molecule has 2 aliphatic rings. The normalized spacial score (nSPS) is 25.0. The molecule has 0 radical (unpaired) electrons. The van der Waals surface area contributed by atoms with Crippen LogP contribution in [0.1, 0.15) is 86.6 Å². The van der Waals surface area contributed by atoms with Gasteiger partial charge >= 0.3 is 0 Å². The van der Waals surface area contributed by atoms with Crippen molar-refractivity contribution in [2.45, 2.75) is 122 Å². The minimum atomic E-state index is 0.0667. The molecule has 2 aliphatic heterocycles. The lowest BCUT2D eigenvalue weighted by Crippen LogP contribution is -2.65. The third-order valence-corrected chi connectivity index (χ3v) is 6.84. The van der Waals surface area contributed by atoms with Gasteiger partial charge in [0.1, 0.15) is 0 Å². The highest BCUT2D eigenvalue weighted by atomic mass is 32.1. The molecule has 0 unspecified atom stereocenters. The highest BCUT2D eigenvalue weighted by Gasteiger charge is 2.42. The Balaban J connectivity index is 1.83. The summed E-state index contributed by atoms with van der Waals surface area (Å²) >= 11 is 6.09. The van der Waals surface area contributed by atoms with E-state index in [1.807, 2.05) is 12.4 Å². The monoisotopic (exact) mass is 445 g/mol. The first-order valence-corrected chi connectivity index (χ1v) is 12.1. The Bertz CT molecular complexity index is 739. The second-order valence-corrected chi connectivity index (χ2v) is 12.8. The largest absolute Gasteiger partial charge is 0.360 e. The van der Waals surface area contributed by atoms with E-state index in [9.17, 15) is 0 Å². The first-order valence-electron chi connectivity index (χ1n) is 11.7. The van der Waals surface area contributed by atoms with Crippen molar-refractivity contribution in [3.05, 3.63) is 30.1 Å². The molecule has 0 bridgehead atoms. The predicted molar refractivity (Wildman–Crippen MR) is 134 cm³/mol. The maximum atomic E-state index is 6.09. The Hall–Kier alpha value is -1.24. The van der Waals surface area contributed by atoms with Crippen molar-refractivity contribution in [2.24, 2.45) is 0 Å². The fourth-order valence-electron chi connectivity index (χ4n) is 6.22. The third-order valence-electron chi connectivity index (χ3n) is 6.49. The van der Waals surface area contributed by atoms with Gasteiger partial charge in [0.2, 0.25) is 0 Å². The van der Waals surface area contributed by atoms with Gasteiger partial charge in [-0.1, -0.05) is 0 Å². The lowest BCUT2D eigenvalue weighted by molar-refractivity contribution is 0.0972. The van der Waals surface area contributed by atoms with Gasteiger partial charge in [0.05, 0.1) is 0 Å². The smallest absolute Gasteiger partial charge is 0.169 e. The van der Waals surface area contributed by atoms with Crippen molar-refractivity contribution in [3.63, 3.8) is 0 Å². The fraction of sp³-hybridized carbons (Fsp3) is 0.760. The van der Waals surface area contributed by atoms with E-state index in [1.54, 1.807) is 0 Å². The molecule has 0 atom stereocenters. The van der Waals surface area contributed by atoms with Gasteiger partial charge in [-0.15, -0.1) is 0 Å². The van der Waals surface area contributed by atoms with Crippen LogP contribution in [-0.2, 0) is 6.54 Å². The average Bonchev–Trinajstić information content (AvgIpc) is 2.54. The summed E-state index contributed by atoms with van der Waals surface area (Å²) in [7, 11) is 0. The van der Waals surface area contributed by atoms with Gasteiger partial charge in [-0.25, -0.2) is 0 Å². The molecule has 1 aromatic rings. The van der Waals surface area contributed by atoms with Crippen molar-refractivity contribution in [2.75, 3.05) is 0 Å². The van der Waals surface area contributed by atoms with Crippen LogP contribution in [0.3, 0.4) is 0 Å². The number of pyridine rings is 1. The summed E-state index contributed by atoms with van der Waals surface area (Å²) in [6, 6.07) is 4.94.